The summed E-state index contributed by atoms with van der Waals surface area (Å²) in [4.78, 5) is 39.4. The summed E-state index contributed by atoms with van der Waals surface area (Å²) in [5.41, 5.74) is 2.83. The molecule has 1 aromatic rings. The van der Waals surface area contributed by atoms with E-state index in [4.69, 9.17) is 14.2 Å². The lowest BCUT2D eigenvalue weighted by molar-refractivity contribution is -0.151. The predicted octanol–water partition coefficient (Wildman–Crippen LogP) is 4.04. The number of dihydropyridines is 1. The third-order valence-corrected chi connectivity index (χ3v) is 6.22. The van der Waals surface area contributed by atoms with Gasteiger partial charge in [0.1, 0.15) is 11.7 Å². The number of nitrogens with one attached hydrogen (secondary N) is 1. The smallest absolute Gasteiger partial charge is 0.336 e. The molecule has 33 heavy (non-hydrogen) atoms. The molecule has 1 heterocycles. The summed E-state index contributed by atoms with van der Waals surface area (Å²) in [6.45, 7) is 8.23. The molecule has 0 bridgehead atoms. The molecule has 1 N–H and O–H groups in total. The Bertz CT molecular complexity index is 992. The first-order valence-corrected chi connectivity index (χ1v) is 11.6. The van der Waals surface area contributed by atoms with Crippen LogP contribution in [-0.2, 0) is 23.9 Å². The molecule has 0 amide bonds. The highest BCUT2D eigenvalue weighted by Gasteiger charge is 2.47. The molecule has 1 aliphatic carbocycles. The van der Waals surface area contributed by atoms with Gasteiger partial charge in [-0.25, -0.2) is 4.79 Å². The standard InChI is InChI=1S/C26H33NO6/c1-6-8-13-33-19-12-10-9-11-17(19)22-21(26(30)32-7-2)16(4)27-18-14-15(3)20(25(29)31-5)24(28)23(18)22/h9-12,15,20,22,27H,6-8,13-14H2,1-5H3/t15-,20+,22+/m1/s1. The minimum atomic E-state index is -0.923. The SMILES string of the molecule is CCCCOc1ccccc1[C@H]1C(C(=O)OCC)=C(C)NC2=C1C(=O)[C@@H](C(=O)OC)[C@H](C)C2. The van der Waals surface area contributed by atoms with Crippen LogP contribution in [0.4, 0.5) is 0 Å². The van der Waals surface area contributed by atoms with E-state index in [2.05, 4.69) is 12.2 Å². The largest absolute Gasteiger partial charge is 0.493 e. The van der Waals surface area contributed by atoms with Gasteiger partial charge in [0.15, 0.2) is 5.78 Å². The summed E-state index contributed by atoms with van der Waals surface area (Å²) in [6.07, 6.45) is 2.35. The Morgan fingerprint density at radius 2 is 1.91 bits per heavy atom. The first kappa shape index (κ1) is 24.6. The summed E-state index contributed by atoms with van der Waals surface area (Å²) < 4.78 is 16.4. The van der Waals surface area contributed by atoms with Gasteiger partial charge in [-0.15, -0.1) is 0 Å². The molecule has 0 fully saturated rings. The van der Waals surface area contributed by atoms with Crippen molar-refractivity contribution in [3.63, 3.8) is 0 Å². The van der Waals surface area contributed by atoms with Gasteiger partial charge >= 0.3 is 11.9 Å². The van der Waals surface area contributed by atoms with Crippen LogP contribution in [0.15, 0.2) is 46.8 Å². The summed E-state index contributed by atoms with van der Waals surface area (Å²) in [5, 5.41) is 3.26. The number of allylic oxidation sites excluding steroid dienone is 3. The molecule has 7 heteroatoms. The molecule has 7 nitrogen and oxygen atoms in total. The van der Waals surface area contributed by atoms with Crippen molar-refractivity contribution < 1.29 is 28.6 Å². The van der Waals surface area contributed by atoms with Crippen molar-refractivity contribution in [2.75, 3.05) is 20.3 Å². The lowest BCUT2D eigenvalue weighted by atomic mass is 9.69. The monoisotopic (exact) mass is 455 g/mol. The number of carbonyl (C=O) groups is 3. The first-order chi connectivity index (χ1) is 15.8. The molecule has 1 aliphatic heterocycles. The van der Waals surface area contributed by atoms with E-state index in [0.29, 0.717) is 41.2 Å². The molecule has 0 unspecified atom stereocenters. The van der Waals surface area contributed by atoms with Crippen LogP contribution < -0.4 is 10.1 Å². The summed E-state index contributed by atoms with van der Waals surface area (Å²) >= 11 is 0. The number of benzene rings is 1. The third-order valence-electron chi connectivity index (χ3n) is 6.22. The van der Waals surface area contributed by atoms with E-state index in [9.17, 15) is 14.4 Å². The molecule has 3 atom stereocenters. The molecule has 1 aromatic carbocycles. The van der Waals surface area contributed by atoms with Crippen LogP contribution in [0, 0.1) is 11.8 Å². The third kappa shape index (κ3) is 4.82. The van der Waals surface area contributed by atoms with Crippen LogP contribution in [0.3, 0.4) is 0 Å². The first-order valence-electron chi connectivity index (χ1n) is 11.6. The summed E-state index contributed by atoms with van der Waals surface area (Å²) in [7, 11) is 1.29. The fourth-order valence-electron chi connectivity index (χ4n) is 4.65. The number of methoxy groups -OCH3 is 1. The number of ether oxygens (including phenoxy) is 3. The van der Waals surface area contributed by atoms with Crippen molar-refractivity contribution in [1.29, 1.82) is 0 Å². The maximum absolute atomic E-state index is 13.7. The van der Waals surface area contributed by atoms with Crippen LogP contribution in [-0.4, -0.2) is 38.0 Å². The minimum absolute atomic E-state index is 0.207. The number of esters is 2. The van der Waals surface area contributed by atoms with Crippen LogP contribution in [0.5, 0.6) is 5.75 Å². The van der Waals surface area contributed by atoms with Gasteiger partial charge in [-0.05, 0) is 38.7 Å². The Kier molecular flexibility index (Phi) is 7.95. The number of carbonyl (C=O) groups excluding carboxylic acids is 3. The normalized spacial score (nSPS) is 22.5. The van der Waals surface area contributed by atoms with E-state index in [1.807, 2.05) is 38.1 Å². The number of hydrogen-bond acceptors (Lipinski definition) is 7. The van der Waals surface area contributed by atoms with Gasteiger partial charge < -0.3 is 19.5 Å². The fourth-order valence-corrected chi connectivity index (χ4v) is 4.65. The molecule has 0 radical (unpaired) electrons. The van der Waals surface area contributed by atoms with Gasteiger partial charge in [0, 0.05) is 22.5 Å². The van der Waals surface area contributed by atoms with Crippen molar-refractivity contribution in [3.8, 4) is 5.75 Å². The second-order valence-electron chi connectivity index (χ2n) is 8.50. The number of rotatable bonds is 8. The maximum atomic E-state index is 13.7. The van der Waals surface area contributed by atoms with Gasteiger partial charge in [-0.1, -0.05) is 38.5 Å². The highest BCUT2D eigenvalue weighted by molar-refractivity contribution is 6.12. The van der Waals surface area contributed by atoms with Crippen LogP contribution in [0.2, 0.25) is 0 Å². The van der Waals surface area contributed by atoms with Crippen LogP contribution >= 0.6 is 0 Å². The van der Waals surface area contributed by atoms with Gasteiger partial charge in [-0.3, -0.25) is 9.59 Å². The Morgan fingerprint density at radius 1 is 1.18 bits per heavy atom. The zero-order chi connectivity index (χ0) is 24.1. The van der Waals surface area contributed by atoms with Crippen LogP contribution in [0.25, 0.3) is 0 Å². The summed E-state index contributed by atoms with van der Waals surface area (Å²) in [6, 6.07) is 7.44. The molecule has 0 aromatic heterocycles. The molecule has 2 aliphatic rings. The van der Waals surface area contributed by atoms with Crippen molar-refractivity contribution in [1.82, 2.24) is 5.32 Å². The average Bonchev–Trinajstić information content (AvgIpc) is 2.78. The van der Waals surface area contributed by atoms with Gasteiger partial charge in [0.25, 0.3) is 0 Å². The zero-order valence-electron chi connectivity index (χ0n) is 20.0. The van der Waals surface area contributed by atoms with E-state index in [1.165, 1.54) is 7.11 Å². The summed E-state index contributed by atoms with van der Waals surface area (Å²) in [5.74, 6) is -2.63. The Labute approximate surface area is 195 Å². The van der Waals surface area contributed by atoms with Crippen molar-refractivity contribution >= 4 is 17.7 Å². The number of Topliss-reactive ketones (excluding diaryl/α,β-unsaturated/α-hetero) is 1. The highest BCUT2D eigenvalue weighted by atomic mass is 16.5. The fraction of sp³-hybridized carbons (Fsp3) is 0.500. The molecule has 0 saturated carbocycles. The number of para-hydroxylation sites is 1. The quantitative estimate of drug-likeness (QED) is 0.359. The lowest BCUT2D eigenvalue weighted by Gasteiger charge is -2.38. The van der Waals surface area contributed by atoms with Gasteiger partial charge in [0.05, 0.1) is 31.8 Å². The van der Waals surface area contributed by atoms with E-state index >= 15 is 0 Å². The van der Waals surface area contributed by atoms with Gasteiger partial charge in [0.2, 0.25) is 0 Å². The Balaban J connectivity index is 2.18. The predicted molar refractivity (Wildman–Crippen MR) is 123 cm³/mol. The average molecular weight is 456 g/mol. The van der Waals surface area contributed by atoms with E-state index < -0.39 is 23.8 Å². The molecule has 3 rings (SSSR count). The van der Waals surface area contributed by atoms with E-state index in [1.54, 1.807) is 6.92 Å². The molecule has 0 saturated heterocycles. The van der Waals surface area contributed by atoms with Crippen molar-refractivity contribution in [3.05, 3.63) is 52.4 Å². The van der Waals surface area contributed by atoms with Crippen LogP contribution in [0.1, 0.15) is 58.4 Å². The highest BCUT2D eigenvalue weighted by Crippen LogP contribution is 2.47. The maximum Gasteiger partial charge on any atom is 0.336 e. The molecule has 178 valence electrons. The second-order valence-corrected chi connectivity index (χ2v) is 8.50. The zero-order valence-corrected chi connectivity index (χ0v) is 20.0. The molecular weight excluding hydrogens is 422 g/mol. The van der Waals surface area contributed by atoms with Crippen molar-refractivity contribution in [2.45, 2.75) is 52.9 Å². The van der Waals surface area contributed by atoms with E-state index in [-0.39, 0.29) is 18.3 Å². The lowest BCUT2D eigenvalue weighted by Crippen LogP contribution is -2.43. The van der Waals surface area contributed by atoms with E-state index in [0.717, 1.165) is 18.5 Å². The van der Waals surface area contributed by atoms with Crippen molar-refractivity contribution in [2.24, 2.45) is 11.8 Å². The molecule has 0 spiro atoms. The Hall–Kier alpha value is -3.09. The minimum Gasteiger partial charge on any atom is -0.493 e. The number of hydrogen-bond donors (Lipinski definition) is 1. The second kappa shape index (κ2) is 10.7. The Morgan fingerprint density at radius 3 is 2.58 bits per heavy atom. The topological polar surface area (TPSA) is 90.9 Å². The number of unbranched alkanes of at least 4 members (excludes halogenated alkanes) is 1. The van der Waals surface area contributed by atoms with Gasteiger partial charge in [-0.2, -0.15) is 0 Å². The molecular formula is C26H33NO6. The number of ketones is 1.